The van der Waals surface area contributed by atoms with Crippen molar-refractivity contribution in [2.45, 2.75) is 50.0 Å². The zero-order chi connectivity index (χ0) is 42.4. The van der Waals surface area contributed by atoms with E-state index in [4.69, 9.17) is 5.73 Å². The number of nitrogens with one attached hydrogen (secondary N) is 1. The molecular weight excluding hydrogens is 779 g/mol. The number of hydrogen-bond acceptors (Lipinski definition) is 12. The van der Waals surface area contributed by atoms with Crippen molar-refractivity contribution in [1.29, 1.82) is 0 Å². The van der Waals surface area contributed by atoms with Gasteiger partial charge in [0, 0.05) is 75.9 Å². The minimum Gasteiger partial charge on any atom is -0.507 e. The van der Waals surface area contributed by atoms with E-state index in [0.29, 0.717) is 95.0 Å². The van der Waals surface area contributed by atoms with Crippen LogP contribution in [0.2, 0.25) is 0 Å². The molecule has 0 saturated carbocycles. The molecule has 16 nitrogen and oxygen atoms in total. The van der Waals surface area contributed by atoms with E-state index in [1.54, 1.807) is 36.4 Å². The highest BCUT2D eigenvalue weighted by Gasteiger charge is 2.47. The molecule has 5 aliphatic heterocycles. The normalized spacial score (nSPS) is 20.8. The molecule has 0 radical (unpaired) electrons. The van der Waals surface area contributed by atoms with Gasteiger partial charge < -0.3 is 30.4 Å². The van der Waals surface area contributed by atoms with E-state index in [-0.39, 0.29) is 53.3 Å². The maximum Gasteiger partial charge on any atom is 0.262 e. The van der Waals surface area contributed by atoms with E-state index in [1.165, 1.54) is 0 Å². The zero-order valence-corrected chi connectivity index (χ0v) is 33.7. The predicted octanol–water partition coefficient (Wildman–Crippen LogP) is 2.96. The van der Waals surface area contributed by atoms with Crippen molar-refractivity contribution in [2.75, 3.05) is 67.9 Å². The van der Waals surface area contributed by atoms with Crippen molar-refractivity contribution in [3.8, 4) is 17.0 Å². The second kappa shape index (κ2) is 16.0. The van der Waals surface area contributed by atoms with Gasteiger partial charge in [0.05, 0.1) is 27.9 Å². The predicted molar refractivity (Wildman–Crippen MR) is 224 cm³/mol. The number of anilines is 3. The number of aromatic nitrogens is 2. The Labute approximate surface area is 352 Å². The number of nitrogens with two attached hydrogens (primary N) is 1. The lowest BCUT2D eigenvalue weighted by Gasteiger charge is -2.46. The summed E-state index contributed by atoms with van der Waals surface area (Å²) in [6, 6.07) is 22.8. The highest BCUT2D eigenvalue weighted by molar-refractivity contribution is 6.23. The topological polar surface area (TPSA) is 203 Å². The molecule has 61 heavy (non-hydrogen) atoms. The number of phenols is 1. The molecule has 3 aromatic carbocycles. The Kier molecular flexibility index (Phi) is 10.4. The molecule has 6 amide bonds. The van der Waals surface area contributed by atoms with Crippen molar-refractivity contribution >= 4 is 52.6 Å². The summed E-state index contributed by atoms with van der Waals surface area (Å²) in [4.78, 5) is 88.3. The number of nitrogen functional groups attached to an aromatic ring is 1. The number of aromatic hydroxyl groups is 1. The van der Waals surface area contributed by atoms with Crippen molar-refractivity contribution in [3.63, 3.8) is 0 Å². The van der Waals surface area contributed by atoms with Gasteiger partial charge >= 0.3 is 0 Å². The van der Waals surface area contributed by atoms with E-state index in [1.807, 2.05) is 52.3 Å². The van der Waals surface area contributed by atoms with Crippen LogP contribution in [0.25, 0.3) is 11.3 Å². The smallest absolute Gasteiger partial charge is 0.262 e. The van der Waals surface area contributed by atoms with Gasteiger partial charge in [0.15, 0.2) is 5.82 Å². The summed E-state index contributed by atoms with van der Waals surface area (Å²) < 4.78 is 0. The van der Waals surface area contributed by atoms with E-state index >= 15 is 0 Å². The van der Waals surface area contributed by atoms with Crippen LogP contribution < -0.4 is 20.9 Å². The number of phenolic OH excluding ortho intramolecular Hbond substituents is 1. The maximum absolute atomic E-state index is 14.7. The van der Waals surface area contributed by atoms with Crippen LogP contribution in [0.15, 0.2) is 78.9 Å². The van der Waals surface area contributed by atoms with Crippen molar-refractivity contribution in [2.24, 2.45) is 5.92 Å². The van der Waals surface area contributed by atoms with Crippen LogP contribution in [-0.4, -0.2) is 124 Å². The van der Waals surface area contributed by atoms with Crippen LogP contribution in [0.3, 0.4) is 0 Å². The fourth-order valence-corrected chi connectivity index (χ4v) is 9.71. The number of nitrogens with zero attached hydrogens (tertiary/aromatic N) is 7. The summed E-state index contributed by atoms with van der Waals surface area (Å²) in [6.07, 6.45) is 2.48. The lowest BCUT2D eigenvalue weighted by Crippen LogP contribution is -2.58. The number of para-hydroxylation sites is 1. The molecule has 6 heterocycles. The van der Waals surface area contributed by atoms with Gasteiger partial charge in [-0.05, 0) is 74.1 Å². The molecule has 16 heteroatoms. The summed E-state index contributed by atoms with van der Waals surface area (Å²) in [5.74, 6) is -1.82. The molecule has 0 spiro atoms. The number of imide groups is 2. The highest BCUT2D eigenvalue weighted by atomic mass is 16.3. The second-order valence-electron chi connectivity index (χ2n) is 16.5. The number of rotatable bonds is 7. The maximum atomic E-state index is 14.7. The molecular formula is C45H47N9O7. The molecule has 5 aliphatic rings. The molecule has 314 valence electrons. The van der Waals surface area contributed by atoms with Gasteiger partial charge in [-0.15, -0.1) is 10.2 Å². The molecule has 0 aliphatic carbocycles. The third-order valence-electron chi connectivity index (χ3n) is 13.2. The Hall–Kier alpha value is -6.84. The molecule has 1 aromatic heterocycles. The Balaban J connectivity index is 0.815. The summed E-state index contributed by atoms with van der Waals surface area (Å²) in [6.45, 7) is 4.03. The largest absolute Gasteiger partial charge is 0.507 e. The van der Waals surface area contributed by atoms with Crippen molar-refractivity contribution in [3.05, 3.63) is 95.6 Å². The number of amides is 6. The Bertz CT molecular complexity index is 2420. The van der Waals surface area contributed by atoms with Gasteiger partial charge in [0.25, 0.3) is 11.8 Å². The average molecular weight is 826 g/mol. The number of piperazine rings is 1. The summed E-state index contributed by atoms with van der Waals surface area (Å²) in [7, 11) is 0. The molecule has 4 N–H and O–H groups in total. The van der Waals surface area contributed by atoms with Crippen LogP contribution >= 0.6 is 0 Å². The summed E-state index contributed by atoms with van der Waals surface area (Å²) in [5, 5.41) is 21.1. The van der Waals surface area contributed by atoms with E-state index in [0.717, 1.165) is 16.2 Å². The Morgan fingerprint density at radius 2 is 1.38 bits per heavy atom. The summed E-state index contributed by atoms with van der Waals surface area (Å²) >= 11 is 0. The number of fused-ring (bicyclic) bond motifs is 1. The van der Waals surface area contributed by atoms with E-state index < -0.39 is 35.1 Å². The first-order valence-corrected chi connectivity index (χ1v) is 20.9. The zero-order valence-electron chi connectivity index (χ0n) is 33.7. The summed E-state index contributed by atoms with van der Waals surface area (Å²) in [5.41, 5.74) is 9.55. The van der Waals surface area contributed by atoms with E-state index in [2.05, 4.69) is 25.3 Å². The number of benzene rings is 3. The highest BCUT2D eigenvalue weighted by Crippen LogP contribution is 2.41. The number of carbonyl (C=O) groups excluding carboxylic acids is 6. The number of piperidine rings is 3. The van der Waals surface area contributed by atoms with Gasteiger partial charge in [0.2, 0.25) is 23.6 Å². The molecule has 1 atom stereocenters. The van der Waals surface area contributed by atoms with Crippen LogP contribution in [0.4, 0.5) is 17.2 Å². The SMILES string of the molecule is Nc1nnc(-c2ccccc2O)cc1N1CCC(C(=O)N2CCN(C(=O)C3CCN(c4ccc5c(c4)C(=O)N(C4CCC(=O)NC4=O)C5=O)CC3)CC2)(c2ccccc2)CC1. The minimum atomic E-state index is -1.03. The van der Waals surface area contributed by atoms with Crippen LogP contribution in [-0.2, 0) is 24.6 Å². The lowest BCUT2D eigenvalue weighted by atomic mass is 9.71. The minimum absolute atomic E-state index is 0.0547. The first-order valence-electron chi connectivity index (χ1n) is 20.9. The van der Waals surface area contributed by atoms with Crippen LogP contribution in [0, 0.1) is 5.92 Å². The van der Waals surface area contributed by atoms with Crippen LogP contribution in [0.1, 0.15) is 64.8 Å². The lowest BCUT2D eigenvalue weighted by molar-refractivity contribution is -0.146. The van der Waals surface area contributed by atoms with Gasteiger partial charge in [0.1, 0.15) is 11.8 Å². The third-order valence-corrected chi connectivity index (χ3v) is 13.2. The first-order chi connectivity index (χ1) is 29.5. The van der Waals surface area contributed by atoms with E-state index in [9.17, 15) is 33.9 Å². The van der Waals surface area contributed by atoms with Crippen molar-refractivity contribution in [1.82, 2.24) is 30.2 Å². The fraction of sp³-hybridized carbons (Fsp3) is 0.378. The monoisotopic (exact) mass is 825 g/mol. The second-order valence-corrected chi connectivity index (χ2v) is 16.5. The van der Waals surface area contributed by atoms with Crippen molar-refractivity contribution < 1.29 is 33.9 Å². The number of carbonyl (C=O) groups is 6. The molecule has 9 rings (SSSR count). The molecule has 4 saturated heterocycles. The Morgan fingerprint density at radius 3 is 2.08 bits per heavy atom. The standard InChI is InChI=1S/C45H47N9O7/c46-39-36(27-34(48-49-39)32-8-4-5-9-37(32)55)51-20-16-45(17-21-51,29-6-2-1-3-7-29)44(61)53-24-22-52(23-25-53)41(58)28-14-18-50(19-15-28)30-10-11-31-33(26-30)43(60)54(42(31)59)35-12-13-38(56)47-40(35)57/h1-11,26-28,35,55H,12-25H2,(H2,46,49)(H,47,56,57). The molecule has 1 unspecified atom stereocenters. The van der Waals surface area contributed by atoms with Gasteiger partial charge in [-0.3, -0.25) is 39.0 Å². The average Bonchev–Trinajstić information content (AvgIpc) is 3.54. The fourth-order valence-electron chi connectivity index (χ4n) is 9.71. The van der Waals surface area contributed by atoms with Gasteiger partial charge in [-0.2, -0.15) is 0 Å². The van der Waals surface area contributed by atoms with Gasteiger partial charge in [-0.1, -0.05) is 42.5 Å². The first kappa shape index (κ1) is 39.6. The molecule has 4 aromatic rings. The molecule has 0 bridgehead atoms. The molecule has 4 fully saturated rings. The third kappa shape index (κ3) is 7.18. The van der Waals surface area contributed by atoms with Gasteiger partial charge in [-0.25, -0.2) is 0 Å². The Morgan fingerprint density at radius 1 is 0.705 bits per heavy atom. The quantitative estimate of drug-likeness (QED) is 0.231. The van der Waals surface area contributed by atoms with Crippen LogP contribution in [0.5, 0.6) is 5.75 Å². The number of hydrogen-bond donors (Lipinski definition) is 3.